The quantitative estimate of drug-likeness (QED) is 0.735. The summed E-state index contributed by atoms with van der Waals surface area (Å²) in [6, 6.07) is 9.82. The molecule has 0 fully saturated rings. The Morgan fingerprint density at radius 2 is 2.06 bits per heavy atom. The molecule has 17 heavy (non-hydrogen) atoms. The van der Waals surface area contributed by atoms with Crippen molar-refractivity contribution in [2.75, 3.05) is 0 Å². The van der Waals surface area contributed by atoms with Gasteiger partial charge in [0, 0.05) is 16.2 Å². The van der Waals surface area contributed by atoms with Crippen molar-refractivity contribution in [1.29, 1.82) is 5.26 Å². The molecule has 0 saturated heterocycles. The minimum Gasteiger partial charge on any atom is -0.243 e. The fraction of sp³-hybridized carbons (Fsp3) is 0.0769. The molecular formula is C13H8BrClN2. The van der Waals surface area contributed by atoms with E-state index in [1.165, 1.54) is 0 Å². The summed E-state index contributed by atoms with van der Waals surface area (Å²) in [7, 11) is 0. The van der Waals surface area contributed by atoms with Gasteiger partial charge in [-0.3, -0.25) is 0 Å². The summed E-state index contributed by atoms with van der Waals surface area (Å²) >= 11 is 9.34. The van der Waals surface area contributed by atoms with Gasteiger partial charge in [-0.05, 0) is 36.2 Å². The van der Waals surface area contributed by atoms with Crippen LogP contribution in [-0.4, -0.2) is 4.98 Å². The van der Waals surface area contributed by atoms with E-state index in [0.29, 0.717) is 5.56 Å². The molecule has 0 radical (unpaired) electrons. The van der Waals surface area contributed by atoms with Crippen molar-refractivity contribution in [2.24, 2.45) is 0 Å². The highest BCUT2D eigenvalue weighted by Crippen LogP contribution is 2.30. The SMILES string of the molecule is Cc1cc(Br)ccc1-c1ccnc(Cl)c1C#N. The molecule has 84 valence electrons. The Kier molecular flexibility index (Phi) is 3.46. The number of aryl methyl sites for hydroxylation is 1. The van der Waals surface area contributed by atoms with Gasteiger partial charge in [-0.1, -0.05) is 33.6 Å². The summed E-state index contributed by atoms with van der Waals surface area (Å²) in [5.41, 5.74) is 3.31. The second-order valence-electron chi connectivity index (χ2n) is 3.60. The highest BCUT2D eigenvalue weighted by atomic mass is 79.9. The lowest BCUT2D eigenvalue weighted by molar-refractivity contribution is 1.29. The van der Waals surface area contributed by atoms with Crippen LogP contribution in [0.5, 0.6) is 0 Å². The van der Waals surface area contributed by atoms with Crippen molar-refractivity contribution in [2.45, 2.75) is 6.92 Å². The van der Waals surface area contributed by atoms with E-state index in [4.69, 9.17) is 16.9 Å². The summed E-state index contributed by atoms with van der Waals surface area (Å²) in [5.74, 6) is 0. The molecule has 0 aliphatic heterocycles. The lowest BCUT2D eigenvalue weighted by Crippen LogP contribution is -1.90. The molecule has 0 bridgehead atoms. The van der Waals surface area contributed by atoms with Crippen LogP contribution in [0.15, 0.2) is 34.9 Å². The molecule has 0 spiro atoms. The van der Waals surface area contributed by atoms with Crippen molar-refractivity contribution >= 4 is 27.5 Å². The zero-order valence-corrected chi connectivity index (χ0v) is 11.4. The Hall–Kier alpha value is -1.37. The van der Waals surface area contributed by atoms with E-state index in [0.717, 1.165) is 21.2 Å². The van der Waals surface area contributed by atoms with E-state index in [1.807, 2.05) is 25.1 Å². The Morgan fingerprint density at radius 1 is 1.29 bits per heavy atom. The summed E-state index contributed by atoms with van der Waals surface area (Å²) in [4.78, 5) is 3.92. The van der Waals surface area contributed by atoms with Crippen LogP contribution in [0.2, 0.25) is 5.15 Å². The van der Waals surface area contributed by atoms with Crippen molar-refractivity contribution < 1.29 is 0 Å². The molecule has 0 amide bonds. The molecule has 1 aromatic carbocycles. The van der Waals surface area contributed by atoms with Gasteiger partial charge in [0.15, 0.2) is 0 Å². The first kappa shape index (κ1) is 12.1. The third kappa shape index (κ3) is 2.33. The summed E-state index contributed by atoms with van der Waals surface area (Å²) in [5, 5.41) is 9.37. The zero-order valence-electron chi connectivity index (χ0n) is 9.04. The number of pyridine rings is 1. The highest BCUT2D eigenvalue weighted by molar-refractivity contribution is 9.10. The van der Waals surface area contributed by atoms with Crippen LogP contribution in [0.3, 0.4) is 0 Å². The average Bonchev–Trinajstić information content (AvgIpc) is 2.29. The molecule has 0 N–H and O–H groups in total. The van der Waals surface area contributed by atoms with Crippen LogP contribution in [0.25, 0.3) is 11.1 Å². The van der Waals surface area contributed by atoms with Gasteiger partial charge < -0.3 is 0 Å². The predicted molar refractivity (Wildman–Crippen MR) is 71.8 cm³/mol. The highest BCUT2D eigenvalue weighted by Gasteiger charge is 2.11. The third-order valence-electron chi connectivity index (χ3n) is 2.50. The van der Waals surface area contributed by atoms with Gasteiger partial charge >= 0.3 is 0 Å². The Labute approximate surface area is 113 Å². The maximum atomic E-state index is 9.12. The molecule has 2 nitrogen and oxygen atoms in total. The molecule has 4 heteroatoms. The van der Waals surface area contributed by atoms with Gasteiger partial charge in [-0.2, -0.15) is 5.26 Å². The monoisotopic (exact) mass is 306 g/mol. The fourth-order valence-corrected chi connectivity index (χ4v) is 2.37. The van der Waals surface area contributed by atoms with E-state index in [1.54, 1.807) is 12.3 Å². The average molecular weight is 308 g/mol. The largest absolute Gasteiger partial charge is 0.243 e. The van der Waals surface area contributed by atoms with Crippen molar-refractivity contribution in [3.63, 3.8) is 0 Å². The molecule has 1 aromatic heterocycles. The number of hydrogen-bond donors (Lipinski definition) is 0. The molecule has 2 rings (SSSR count). The number of nitrogens with zero attached hydrogens (tertiary/aromatic N) is 2. The van der Waals surface area contributed by atoms with Crippen molar-refractivity contribution in [1.82, 2.24) is 4.98 Å². The number of halogens is 2. The maximum absolute atomic E-state index is 9.12. The van der Waals surface area contributed by atoms with Crippen LogP contribution in [0.4, 0.5) is 0 Å². The molecule has 0 atom stereocenters. The van der Waals surface area contributed by atoms with E-state index in [9.17, 15) is 0 Å². The number of aromatic nitrogens is 1. The smallest absolute Gasteiger partial charge is 0.147 e. The first-order valence-electron chi connectivity index (χ1n) is 4.94. The Bertz CT molecular complexity index is 617. The minimum absolute atomic E-state index is 0.243. The summed E-state index contributed by atoms with van der Waals surface area (Å²) in [6.07, 6.45) is 1.61. The lowest BCUT2D eigenvalue weighted by atomic mass is 9.98. The third-order valence-corrected chi connectivity index (χ3v) is 3.27. The van der Waals surface area contributed by atoms with Gasteiger partial charge in [-0.15, -0.1) is 0 Å². The van der Waals surface area contributed by atoms with Crippen LogP contribution in [-0.2, 0) is 0 Å². The van der Waals surface area contributed by atoms with Crippen LogP contribution < -0.4 is 0 Å². The first-order valence-corrected chi connectivity index (χ1v) is 6.11. The molecule has 0 aliphatic carbocycles. The topological polar surface area (TPSA) is 36.7 Å². The summed E-state index contributed by atoms with van der Waals surface area (Å²) in [6.45, 7) is 2.00. The number of nitriles is 1. The van der Waals surface area contributed by atoms with E-state index in [2.05, 4.69) is 27.0 Å². The molecule has 0 unspecified atom stereocenters. The van der Waals surface area contributed by atoms with Crippen LogP contribution in [0.1, 0.15) is 11.1 Å². The maximum Gasteiger partial charge on any atom is 0.147 e. The molecule has 0 aliphatic rings. The van der Waals surface area contributed by atoms with E-state index in [-0.39, 0.29) is 5.15 Å². The van der Waals surface area contributed by atoms with Crippen molar-refractivity contribution in [3.8, 4) is 17.2 Å². The van der Waals surface area contributed by atoms with Crippen molar-refractivity contribution in [3.05, 3.63) is 51.2 Å². The summed E-state index contributed by atoms with van der Waals surface area (Å²) < 4.78 is 1.01. The second kappa shape index (κ2) is 4.87. The van der Waals surface area contributed by atoms with Crippen LogP contribution >= 0.6 is 27.5 Å². The molecular weight excluding hydrogens is 300 g/mol. The second-order valence-corrected chi connectivity index (χ2v) is 4.87. The first-order chi connectivity index (χ1) is 8.13. The number of benzene rings is 1. The van der Waals surface area contributed by atoms with Crippen LogP contribution in [0, 0.1) is 18.3 Å². The predicted octanol–water partition coefficient (Wildman–Crippen LogP) is 4.34. The zero-order chi connectivity index (χ0) is 12.4. The molecule has 0 saturated carbocycles. The van der Waals surface area contributed by atoms with Gasteiger partial charge in [0.25, 0.3) is 0 Å². The van der Waals surface area contributed by atoms with E-state index >= 15 is 0 Å². The Morgan fingerprint density at radius 3 is 2.71 bits per heavy atom. The van der Waals surface area contributed by atoms with Gasteiger partial charge in [0.2, 0.25) is 0 Å². The number of rotatable bonds is 1. The number of hydrogen-bond acceptors (Lipinski definition) is 2. The van der Waals surface area contributed by atoms with Gasteiger partial charge in [-0.25, -0.2) is 4.98 Å². The normalized spacial score (nSPS) is 10.0. The van der Waals surface area contributed by atoms with E-state index < -0.39 is 0 Å². The fourth-order valence-electron chi connectivity index (χ4n) is 1.70. The lowest BCUT2D eigenvalue weighted by Gasteiger charge is -2.08. The molecule has 1 heterocycles. The van der Waals surface area contributed by atoms with Gasteiger partial charge in [0.1, 0.15) is 11.2 Å². The van der Waals surface area contributed by atoms with Gasteiger partial charge in [0.05, 0.1) is 5.56 Å². The molecule has 2 aromatic rings. The standard InChI is InChI=1S/C13H8BrClN2/c1-8-6-9(14)2-3-10(8)11-4-5-17-13(15)12(11)7-16/h2-6H,1H3. The minimum atomic E-state index is 0.243. The Balaban J connectivity index is 2.69.